The fourth-order valence-electron chi connectivity index (χ4n) is 1.34. The second-order valence-corrected chi connectivity index (χ2v) is 3.62. The Kier molecular flexibility index (Phi) is 3.28. The number of aromatic hydroxyl groups is 1. The van der Waals surface area contributed by atoms with Gasteiger partial charge in [-0.3, -0.25) is 4.79 Å². The van der Waals surface area contributed by atoms with Crippen LogP contribution in [0.2, 0.25) is 0 Å². The Labute approximate surface area is 84.6 Å². The highest BCUT2D eigenvalue weighted by Crippen LogP contribution is 2.22. The van der Waals surface area contributed by atoms with Gasteiger partial charge in [0.05, 0.1) is 0 Å². The lowest BCUT2D eigenvalue weighted by molar-refractivity contribution is 0.0926. The van der Waals surface area contributed by atoms with Crippen molar-refractivity contribution in [1.29, 1.82) is 0 Å². The second kappa shape index (κ2) is 4.27. The molecule has 0 saturated heterocycles. The van der Waals surface area contributed by atoms with Crippen molar-refractivity contribution in [2.45, 2.75) is 27.2 Å². The lowest BCUT2D eigenvalue weighted by atomic mass is 9.94. The summed E-state index contributed by atoms with van der Waals surface area (Å²) >= 11 is 0. The molecule has 0 aliphatic rings. The molecular weight excluding hydrogens is 176 g/mol. The van der Waals surface area contributed by atoms with E-state index < -0.39 is 0 Å². The van der Waals surface area contributed by atoms with Crippen LogP contribution in [0.15, 0.2) is 18.2 Å². The Balaban J connectivity index is 3.07. The van der Waals surface area contributed by atoms with Gasteiger partial charge >= 0.3 is 0 Å². The van der Waals surface area contributed by atoms with Crippen LogP contribution in [-0.2, 0) is 0 Å². The van der Waals surface area contributed by atoms with Gasteiger partial charge in [0.1, 0.15) is 5.75 Å². The number of rotatable bonds is 3. The maximum absolute atomic E-state index is 11.8. The van der Waals surface area contributed by atoms with E-state index >= 15 is 0 Å². The molecule has 2 heteroatoms. The van der Waals surface area contributed by atoms with Crippen molar-refractivity contribution in [3.63, 3.8) is 0 Å². The number of carbonyl (C=O) groups excluding carboxylic acids is 1. The average Bonchev–Trinajstić information content (AvgIpc) is 2.20. The zero-order valence-corrected chi connectivity index (χ0v) is 8.87. The minimum atomic E-state index is 0.0236. The molecule has 0 radical (unpaired) electrons. The van der Waals surface area contributed by atoms with Crippen molar-refractivity contribution in [3.05, 3.63) is 29.3 Å². The molecule has 14 heavy (non-hydrogen) atoms. The zero-order chi connectivity index (χ0) is 10.7. The van der Waals surface area contributed by atoms with Crippen LogP contribution < -0.4 is 0 Å². The van der Waals surface area contributed by atoms with Crippen molar-refractivity contribution in [2.24, 2.45) is 5.92 Å². The quantitative estimate of drug-likeness (QED) is 0.747. The van der Waals surface area contributed by atoms with E-state index in [9.17, 15) is 9.90 Å². The molecule has 0 saturated carbocycles. The SMILES string of the molecule is CCC(C)C(=O)c1cccc(O)c1C. The largest absolute Gasteiger partial charge is 0.508 e. The van der Waals surface area contributed by atoms with Crippen LogP contribution in [0.25, 0.3) is 0 Å². The van der Waals surface area contributed by atoms with Crippen LogP contribution in [0.3, 0.4) is 0 Å². The molecule has 0 amide bonds. The molecule has 76 valence electrons. The van der Waals surface area contributed by atoms with Crippen molar-refractivity contribution in [1.82, 2.24) is 0 Å². The van der Waals surface area contributed by atoms with Crippen LogP contribution in [0.4, 0.5) is 0 Å². The van der Waals surface area contributed by atoms with E-state index in [1.165, 1.54) is 0 Å². The highest BCUT2D eigenvalue weighted by atomic mass is 16.3. The molecular formula is C12H16O2. The third-order valence-electron chi connectivity index (χ3n) is 2.63. The third-order valence-corrected chi connectivity index (χ3v) is 2.63. The average molecular weight is 192 g/mol. The monoisotopic (exact) mass is 192 g/mol. The Bertz CT molecular complexity index is 342. The van der Waals surface area contributed by atoms with Gasteiger partial charge < -0.3 is 5.11 Å². The summed E-state index contributed by atoms with van der Waals surface area (Å²) in [5.74, 6) is 0.329. The lowest BCUT2D eigenvalue weighted by Gasteiger charge is -2.10. The number of hydrogen-bond donors (Lipinski definition) is 1. The van der Waals surface area contributed by atoms with E-state index in [4.69, 9.17) is 0 Å². The molecule has 0 spiro atoms. The van der Waals surface area contributed by atoms with Gasteiger partial charge in [0.25, 0.3) is 0 Å². The number of phenols is 1. The van der Waals surface area contributed by atoms with Gasteiger partial charge in [-0.25, -0.2) is 0 Å². The van der Waals surface area contributed by atoms with Crippen LogP contribution in [-0.4, -0.2) is 10.9 Å². The summed E-state index contributed by atoms with van der Waals surface area (Å²) in [4.78, 5) is 11.8. The maximum atomic E-state index is 11.8. The summed E-state index contributed by atoms with van der Waals surface area (Å²) in [6, 6.07) is 5.07. The molecule has 0 aliphatic carbocycles. The first-order valence-electron chi connectivity index (χ1n) is 4.90. The Morgan fingerprint density at radius 2 is 2.14 bits per heavy atom. The number of Topliss-reactive ketones (excluding diaryl/α,β-unsaturated/α-hetero) is 1. The molecule has 1 rings (SSSR count). The molecule has 0 fully saturated rings. The predicted octanol–water partition coefficient (Wildman–Crippen LogP) is 2.93. The van der Waals surface area contributed by atoms with E-state index in [-0.39, 0.29) is 17.5 Å². The summed E-state index contributed by atoms with van der Waals surface area (Å²) in [6.45, 7) is 5.66. The summed E-state index contributed by atoms with van der Waals surface area (Å²) in [5, 5.41) is 9.45. The van der Waals surface area contributed by atoms with Gasteiger partial charge in [-0.1, -0.05) is 26.0 Å². The molecule has 1 N–H and O–H groups in total. The molecule has 0 aliphatic heterocycles. The van der Waals surface area contributed by atoms with E-state index in [1.807, 2.05) is 13.8 Å². The number of benzene rings is 1. The van der Waals surface area contributed by atoms with Gasteiger partial charge in [0.15, 0.2) is 5.78 Å². The highest BCUT2D eigenvalue weighted by molar-refractivity contribution is 5.99. The van der Waals surface area contributed by atoms with E-state index in [0.29, 0.717) is 11.1 Å². The molecule has 1 unspecified atom stereocenters. The minimum Gasteiger partial charge on any atom is -0.508 e. The van der Waals surface area contributed by atoms with E-state index in [1.54, 1.807) is 25.1 Å². The number of carbonyl (C=O) groups is 1. The molecule has 2 nitrogen and oxygen atoms in total. The lowest BCUT2D eigenvalue weighted by Crippen LogP contribution is -2.11. The fourth-order valence-corrected chi connectivity index (χ4v) is 1.34. The smallest absolute Gasteiger partial charge is 0.166 e. The highest BCUT2D eigenvalue weighted by Gasteiger charge is 2.16. The van der Waals surface area contributed by atoms with E-state index in [0.717, 1.165) is 6.42 Å². The molecule has 1 aromatic carbocycles. The number of phenolic OH excluding ortho intramolecular Hbond substituents is 1. The predicted molar refractivity (Wildman–Crippen MR) is 56.6 cm³/mol. The van der Waals surface area contributed by atoms with Crippen molar-refractivity contribution in [2.75, 3.05) is 0 Å². The molecule has 0 bridgehead atoms. The summed E-state index contributed by atoms with van der Waals surface area (Å²) in [6.07, 6.45) is 0.827. The van der Waals surface area contributed by atoms with Gasteiger partial charge in [-0.05, 0) is 19.4 Å². The summed E-state index contributed by atoms with van der Waals surface area (Å²) < 4.78 is 0. The topological polar surface area (TPSA) is 37.3 Å². The van der Waals surface area contributed by atoms with Gasteiger partial charge in [-0.15, -0.1) is 0 Å². The van der Waals surface area contributed by atoms with Crippen LogP contribution >= 0.6 is 0 Å². The Morgan fingerprint density at radius 3 is 2.71 bits per heavy atom. The molecule has 0 aromatic heterocycles. The maximum Gasteiger partial charge on any atom is 0.166 e. The first kappa shape index (κ1) is 10.8. The van der Waals surface area contributed by atoms with Crippen molar-refractivity contribution < 1.29 is 9.90 Å². The summed E-state index contributed by atoms with van der Waals surface area (Å²) in [7, 11) is 0. The third kappa shape index (κ3) is 1.95. The fraction of sp³-hybridized carbons (Fsp3) is 0.417. The Hall–Kier alpha value is -1.31. The number of hydrogen-bond acceptors (Lipinski definition) is 2. The van der Waals surface area contributed by atoms with Crippen LogP contribution in [0.5, 0.6) is 5.75 Å². The normalized spacial score (nSPS) is 12.5. The van der Waals surface area contributed by atoms with E-state index in [2.05, 4.69) is 0 Å². The molecule has 1 aromatic rings. The van der Waals surface area contributed by atoms with Gasteiger partial charge in [-0.2, -0.15) is 0 Å². The van der Waals surface area contributed by atoms with Gasteiger partial charge in [0, 0.05) is 17.0 Å². The zero-order valence-electron chi connectivity index (χ0n) is 8.87. The first-order valence-corrected chi connectivity index (χ1v) is 4.90. The Morgan fingerprint density at radius 1 is 1.50 bits per heavy atom. The summed E-state index contributed by atoms with van der Waals surface area (Å²) in [5.41, 5.74) is 1.32. The van der Waals surface area contributed by atoms with Gasteiger partial charge in [0.2, 0.25) is 0 Å². The minimum absolute atomic E-state index is 0.0236. The van der Waals surface area contributed by atoms with Crippen molar-refractivity contribution >= 4 is 5.78 Å². The second-order valence-electron chi connectivity index (χ2n) is 3.62. The van der Waals surface area contributed by atoms with Crippen LogP contribution in [0.1, 0.15) is 36.2 Å². The molecule has 0 heterocycles. The van der Waals surface area contributed by atoms with Crippen molar-refractivity contribution in [3.8, 4) is 5.75 Å². The number of ketones is 1. The first-order chi connectivity index (χ1) is 6.57. The standard InChI is InChI=1S/C12H16O2/c1-4-8(2)12(14)10-6-5-7-11(13)9(10)3/h5-8,13H,4H2,1-3H3. The van der Waals surface area contributed by atoms with Crippen LogP contribution in [0, 0.1) is 12.8 Å². The molecule has 1 atom stereocenters.